The van der Waals surface area contributed by atoms with Crippen molar-refractivity contribution < 1.29 is 27.5 Å². The Morgan fingerprint density at radius 2 is 1.98 bits per heavy atom. The molecule has 14 heteroatoms. The van der Waals surface area contributed by atoms with Gasteiger partial charge in [-0.2, -0.15) is 8.78 Å². The monoisotopic (exact) mass is 565 g/mol. The second-order valence-corrected chi connectivity index (χ2v) is 9.61. The van der Waals surface area contributed by atoms with Crippen LogP contribution >= 0.6 is 0 Å². The van der Waals surface area contributed by atoms with Gasteiger partial charge in [-0.05, 0) is 37.1 Å². The number of piperidine rings is 1. The van der Waals surface area contributed by atoms with Crippen molar-refractivity contribution in [3.63, 3.8) is 0 Å². The molecule has 5 aromatic rings. The number of aromatic nitrogens is 6. The van der Waals surface area contributed by atoms with Gasteiger partial charge in [0.1, 0.15) is 5.82 Å². The predicted octanol–water partition coefficient (Wildman–Crippen LogP) is 4.75. The van der Waals surface area contributed by atoms with Gasteiger partial charge in [-0.15, -0.1) is 10.2 Å². The summed E-state index contributed by atoms with van der Waals surface area (Å²) in [6, 6.07) is 8.93. The van der Waals surface area contributed by atoms with Gasteiger partial charge in [0, 0.05) is 48.9 Å². The smallest absolute Gasteiger partial charge is 0.407 e. The highest BCUT2D eigenvalue weighted by atomic mass is 19.3. The Balaban J connectivity index is 1.42. The zero-order valence-electron chi connectivity index (χ0n) is 21.3. The minimum atomic E-state index is -2.90. The molecule has 1 N–H and O–H groups in total. The Hall–Kier alpha value is -5.01. The van der Waals surface area contributed by atoms with Gasteiger partial charge in [-0.3, -0.25) is 19.1 Å². The summed E-state index contributed by atoms with van der Waals surface area (Å²) in [5.41, 5.74) is 1.85. The van der Waals surface area contributed by atoms with Gasteiger partial charge in [0.15, 0.2) is 0 Å². The zero-order chi connectivity index (χ0) is 28.7. The highest BCUT2D eigenvalue weighted by Crippen LogP contribution is 2.31. The lowest BCUT2D eigenvalue weighted by Gasteiger charge is -2.31. The minimum absolute atomic E-state index is 0.0320. The van der Waals surface area contributed by atoms with E-state index in [0.29, 0.717) is 47.2 Å². The molecule has 1 aliphatic rings. The summed E-state index contributed by atoms with van der Waals surface area (Å²) in [6.07, 6.45) is 1.62. The molecule has 1 unspecified atom stereocenters. The predicted molar refractivity (Wildman–Crippen MR) is 139 cm³/mol. The van der Waals surface area contributed by atoms with Crippen molar-refractivity contribution in [1.82, 2.24) is 34.2 Å². The number of alkyl halides is 2. The fourth-order valence-electron chi connectivity index (χ4n) is 5.13. The van der Waals surface area contributed by atoms with E-state index >= 15 is 4.39 Å². The van der Waals surface area contributed by atoms with E-state index in [1.807, 2.05) is 0 Å². The average Bonchev–Trinajstić information content (AvgIpc) is 3.57. The van der Waals surface area contributed by atoms with Crippen LogP contribution in [0, 0.1) is 5.82 Å². The number of amides is 1. The summed E-state index contributed by atoms with van der Waals surface area (Å²) >= 11 is 0. The summed E-state index contributed by atoms with van der Waals surface area (Å²) in [7, 11) is 0. The summed E-state index contributed by atoms with van der Waals surface area (Å²) in [6.45, 7) is 0.450. The molecule has 1 saturated heterocycles. The molecule has 1 aliphatic heterocycles. The summed E-state index contributed by atoms with van der Waals surface area (Å²) < 4.78 is 48.9. The minimum Gasteiger partial charge on any atom is -0.465 e. The number of hydrogen-bond acceptors (Lipinski definition) is 7. The molecule has 0 aliphatic carbocycles. The Morgan fingerprint density at radius 3 is 2.66 bits per heavy atom. The lowest BCUT2D eigenvalue weighted by atomic mass is 10.0. The maximum Gasteiger partial charge on any atom is 0.407 e. The summed E-state index contributed by atoms with van der Waals surface area (Å²) in [4.78, 5) is 35.2. The molecule has 11 nitrogen and oxygen atoms in total. The van der Waals surface area contributed by atoms with Crippen LogP contribution in [0.25, 0.3) is 33.6 Å². The van der Waals surface area contributed by atoms with Gasteiger partial charge < -0.3 is 14.4 Å². The van der Waals surface area contributed by atoms with Crippen LogP contribution in [0.4, 0.5) is 18.0 Å². The highest BCUT2D eigenvalue weighted by molar-refractivity contribution is 5.83. The first-order valence-electron chi connectivity index (χ1n) is 12.7. The van der Waals surface area contributed by atoms with Crippen molar-refractivity contribution in [2.24, 2.45) is 0 Å². The first kappa shape index (κ1) is 26.2. The molecule has 1 atom stereocenters. The third kappa shape index (κ3) is 4.92. The fraction of sp³-hybridized carbons (Fsp3) is 0.259. The van der Waals surface area contributed by atoms with Gasteiger partial charge >= 0.3 is 18.2 Å². The second kappa shape index (κ2) is 10.5. The SMILES string of the molecule is O=C(O)N1CCCC(n2c(=O)n(Cc3ccc(-c4nnc(C(F)F)o4)cn3)c3cc(F)c(-c4cccnc4)cc32)C1. The Bertz CT molecular complexity index is 1780. The maximum absolute atomic E-state index is 15.4. The van der Waals surface area contributed by atoms with Gasteiger partial charge in [-0.1, -0.05) is 6.07 Å². The maximum atomic E-state index is 15.4. The Labute approximate surface area is 229 Å². The fourth-order valence-corrected chi connectivity index (χ4v) is 5.13. The molecular formula is C27H22F3N7O4. The van der Waals surface area contributed by atoms with Crippen LogP contribution in [0.15, 0.2) is 64.2 Å². The molecule has 210 valence electrons. The van der Waals surface area contributed by atoms with Gasteiger partial charge in [0.25, 0.3) is 5.89 Å². The van der Waals surface area contributed by atoms with E-state index < -0.39 is 36.0 Å². The number of carboxylic acid groups (broad SMARTS) is 1. The van der Waals surface area contributed by atoms with E-state index in [9.17, 15) is 23.5 Å². The number of rotatable bonds is 6. The van der Waals surface area contributed by atoms with Crippen LogP contribution in [-0.2, 0) is 6.54 Å². The molecule has 0 radical (unpaired) electrons. The topological polar surface area (TPSA) is 132 Å². The van der Waals surface area contributed by atoms with E-state index in [4.69, 9.17) is 4.42 Å². The molecule has 4 aromatic heterocycles. The molecular weight excluding hydrogens is 543 g/mol. The van der Waals surface area contributed by atoms with Gasteiger partial charge in [-0.25, -0.2) is 14.0 Å². The van der Waals surface area contributed by atoms with E-state index in [1.165, 1.54) is 32.5 Å². The van der Waals surface area contributed by atoms with E-state index in [1.54, 1.807) is 36.5 Å². The molecule has 41 heavy (non-hydrogen) atoms. The van der Waals surface area contributed by atoms with Gasteiger partial charge in [0.2, 0.25) is 5.89 Å². The molecule has 0 bridgehead atoms. The number of likely N-dealkylation sites (tertiary alicyclic amines) is 1. The van der Waals surface area contributed by atoms with Crippen LogP contribution in [0.5, 0.6) is 0 Å². The normalized spacial score (nSPS) is 15.6. The average molecular weight is 566 g/mol. The summed E-state index contributed by atoms with van der Waals surface area (Å²) in [5.74, 6) is -1.49. The molecule has 1 amide bonds. The molecule has 1 aromatic carbocycles. The van der Waals surface area contributed by atoms with E-state index in [2.05, 4.69) is 20.2 Å². The lowest BCUT2D eigenvalue weighted by molar-refractivity contribution is 0.116. The number of pyridine rings is 2. The van der Waals surface area contributed by atoms with Crippen molar-refractivity contribution >= 4 is 17.1 Å². The summed E-state index contributed by atoms with van der Waals surface area (Å²) in [5, 5.41) is 16.5. The number of fused-ring (bicyclic) bond motifs is 1. The second-order valence-electron chi connectivity index (χ2n) is 9.61. The van der Waals surface area contributed by atoms with Gasteiger partial charge in [0.05, 0.1) is 34.9 Å². The van der Waals surface area contributed by atoms with Crippen LogP contribution in [0.1, 0.15) is 36.9 Å². The van der Waals surface area contributed by atoms with Crippen molar-refractivity contribution in [3.05, 3.63) is 82.9 Å². The van der Waals surface area contributed by atoms with Crippen molar-refractivity contribution in [2.75, 3.05) is 13.1 Å². The molecule has 1 fully saturated rings. The van der Waals surface area contributed by atoms with Crippen molar-refractivity contribution in [2.45, 2.75) is 31.9 Å². The van der Waals surface area contributed by atoms with Crippen LogP contribution < -0.4 is 5.69 Å². The number of benzene rings is 1. The third-order valence-corrected chi connectivity index (χ3v) is 7.08. The Kier molecular flexibility index (Phi) is 6.73. The lowest BCUT2D eigenvalue weighted by Crippen LogP contribution is -2.42. The van der Waals surface area contributed by atoms with E-state index in [-0.39, 0.29) is 24.5 Å². The largest absolute Gasteiger partial charge is 0.465 e. The molecule has 5 heterocycles. The molecule has 0 saturated carbocycles. The molecule has 6 rings (SSSR count). The quantitative estimate of drug-likeness (QED) is 0.312. The standard InChI is InChI=1S/C27H22F3N7O4/c28-20-10-21-22(9-19(20)15-3-1-7-31-11-15)37(18-4-2-8-35(14-18)27(39)40)26(38)36(21)13-17-6-5-16(12-32-17)24-33-34-25(41-24)23(29)30/h1,3,5-7,9-12,18,23H,2,4,8,13-14H2,(H,39,40). The number of halogens is 3. The highest BCUT2D eigenvalue weighted by Gasteiger charge is 2.29. The number of nitrogens with zero attached hydrogens (tertiary/aromatic N) is 7. The van der Waals surface area contributed by atoms with Crippen molar-refractivity contribution in [3.8, 4) is 22.6 Å². The van der Waals surface area contributed by atoms with Crippen LogP contribution in [0.3, 0.4) is 0 Å². The number of imidazole rings is 1. The van der Waals surface area contributed by atoms with Crippen LogP contribution in [-0.4, -0.2) is 58.5 Å². The van der Waals surface area contributed by atoms with E-state index in [0.717, 1.165) is 0 Å². The van der Waals surface area contributed by atoms with Crippen molar-refractivity contribution in [1.29, 1.82) is 0 Å². The Morgan fingerprint density at radius 1 is 1.12 bits per heavy atom. The zero-order valence-corrected chi connectivity index (χ0v) is 21.3. The first-order valence-corrected chi connectivity index (χ1v) is 12.7. The third-order valence-electron chi connectivity index (χ3n) is 7.08. The van der Waals surface area contributed by atoms with Crippen LogP contribution in [0.2, 0.25) is 0 Å². The number of carbonyl (C=O) groups is 1. The number of hydrogen-bond donors (Lipinski definition) is 1. The molecule has 0 spiro atoms. The first-order chi connectivity index (χ1) is 19.8.